The summed E-state index contributed by atoms with van der Waals surface area (Å²) >= 11 is 17.8. The first kappa shape index (κ1) is 20.2. The zero-order chi connectivity index (χ0) is 20.8. The standard InChI is InChI=1S/C22H20Cl2N2O2S/c1-3-25-19(27)18-13-22(14-5-9-16(23)10-6-14,15-7-11-17(24)12-8-15)28-20(18)26(4-2)21(25)29/h5-12H,3-4,13H2,1-2H3. The number of ether oxygens (including phenoxy) is 1. The van der Waals surface area contributed by atoms with Crippen molar-refractivity contribution >= 4 is 35.4 Å². The molecule has 2 heterocycles. The molecule has 4 nitrogen and oxygen atoms in total. The van der Waals surface area contributed by atoms with Crippen molar-refractivity contribution in [3.63, 3.8) is 0 Å². The molecule has 0 amide bonds. The van der Waals surface area contributed by atoms with E-state index in [2.05, 4.69) is 0 Å². The van der Waals surface area contributed by atoms with Crippen LogP contribution in [-0.4, -0.2) is 9.13 Å². The van der Waals surface area contributed by atoms with Gasteiger partial charge >= 0.3 is 0 Å². The van der Waals surface area contributed by atoms with E-state index in [4.69, 9.17) is 40.2 Å². The molecule has 0 saturated heterocycles. The number of benzene rings is 2. The van der Waals surface area contributed by atoms with Gasteiger partial charge in [-0.3, -0.25) is 13.9 Å². The van der Waals surface area contributed by atoms with Crippen LogP contribution in [0.25, 0.3) is 0 Å². The van der Waals surface area contributed by atoms with Gasteiger partial charge in [-0.25, -0.2) is 0 Å². The van der Waals surface area contributed by atoms with Gasteiger partial charge in [0, 0.05) is 40.7 Å². The largest absolute Gasteiger partial charge is 0.462 e. The predicted molar refractivity (Wildman–Crippen MR) is 119 cm³/mol. The molecule has 0 spiro atoms. The Bertz CT molecular complexity index is 1140. The first-order valence-electron chi connectivity index (χ1n) is 9.49. The van der Waals surface area contributed by atoms with Gasteiger partial charge in [-0.15, -0.1) is 0 Å². The molecule has 1 aliphatic heterocycles. The van der Waals surface area contributed by atoms with Gasteiger partial charge in [-0.1, -0.05) is 47.5 Å². The van der Waals surface area contributed by atoms with Crippen LogP contribution in [-0.2, 0) is 25.1 Å². The van der Waals surface area contributed by atoms with Crippen molar-refractivity contribution in [2.45, 2.75) is 39.0 Å². The Labute approximate surface area is 184 Å². The van der Waals surface area contributed by atoms with Gasteiger partial charge < -0.3 is 4.74 Å². The maximum absolute atomic E-state index is 13.2. The van der Waals surface area contributed by atoms with Gasteiger partial charge in [0.25, 0.3) is 5.56 Å². The van der Waals surface area contributed by atoms with Crippen molar-refractivity contribution in [3.8, 4) is 5.88 Å². The fourth-order valence-electron chi connectivity index (χ4n) is 3.94. The minimum absolute atomic E-state index is 0.0954. The van der Waals surface area contributed by atoms with Gasteiger partial charge in [-0.2, -0.15) is 0 Å². The Kier molecular flexibility index (Phi) is 5.32. The second kappa shape index (κ2) is 7.63. The second-order valence-corrected chi connectivity index (χ2v) is 8.22. The van der Waals surface area contributed by atoms with E-state index in [1.165, 1.54) is 0 Å². The minimum Gasteiger partial charge on any atom is -0.462 e. The van der Waals surface area contributed by atoms with E-state index in [9.17, 15) is 4.79 Å². The van der Waals surface area contributed by atoms with Crippen molar-refractivity contribution in [1.29, 1.82) is 0 Å². The lowest BCUT2D eigenvalue weighted by Crippen LogP contribution is -2.33. The van der Waals surface area contributed by atoms with Gasteiger partial charge in [0.2, 0.25) is 5.88 Å². The predicted octanol–water partition coefficient (Wildman–Crippen LogP) is 5.60. The lowest BCUT2D eigenvalue weighted by Gasteiger charge is -2.30. The van der Waals surface area contributed by atoms with Crippen LogP contribution in [0.5, 0.6) is 5.88 Å². The van der Waals surface area contributed by atoms with Crippen LogP contribution in [0.1, 0.15) is 30.5 Å². The first-order valence-corrected chi connectivity index (χ1v) is 10.6. The van der Waals surface area contributed by atoms with Crippen molar-refractivity contribution in [2.24, 2.45) is 0 Å². The molecule has 29 heavy (non-hydrogen) atoms. The number of rotatable bonds is 4. The number of nitrogens with zero attached hydrogens (tertiary/aromatic N) is 2. The molecule has 0 atom stereocenters. The summed E-state index contributed by atoms with van der Waals surface area (Å²) < 4.78 is 10.6. The van der Waals surface area contributed by atoms with Crippen LogP contribution >= 0.6 is 35.4 Å². The monoisotopic (exact) mass is 446 g/mol. The molecule has 2 aromatic carbocycles. The topological polar surface area (TPSA) is 36.2 Å². The average Bonchev–Trinajstić information content (AvgIpc) is 3.12. The number of fused-ring (bicyclic) bond motifs is 1. The molecule has 0 N–H and O–H groups in total. The average molecular weight is 447 g/mol. The van der Waals surface area contributed by atoms with Gasteiger partial charge in [0.15, 0.2) is 10.4 Å². The Morgan fingerprint density at radius 3 is 1.86 bits per heavy atom. The normalized spacial score (nSPS) is 14.5. The summed E-state index contributed by atoms with van der Waals surface area (Å²) in [6.45, 7) is 5.04. The summed E-state index contributed by atoms with van der Waals surface area (Å²) in [6.07, 6.45) is 0.403. The zero-order valence-electron chi connectivity index (χ0n) is 16.1. The van der Waals surface area contributed by atoms with Gasteiger partial charge in [-0.05, 0) is 50.3 Å². The van der Waals surface area contributed by atoms with E-state index in [1.807, 2.05) is 66.9 Å². The summed E-state index contributed by atoms with van der Waals surface area (Å²) in [6, 6.07) is 15.1. The Morgan fingerprint density at radius 1 is 0.931 bits per heavy atom. The van der Waals surface area contributed by atoms with Crippen LogP contribution in [0.3, 0.4) is 0 Å². The molecule has 150 valence electrons. The second-order valence-electron chi connectivity index (χ2n) is 6.98. The lowest BCUT2D eigenvalue weighted by atomic mass is 9.83. The summed E-state index contributed by atoms with van der Waals surface area (Å²) in [7, 11) is 0. The molecule has 7 heteroatoms. The van der Waals surface area contributed by atoms with Crippen LogP contribution in [0.4, 0.5) is 0 Å². The quantitative estimate of drug-likeness (QED) is 0.488. The third-order valence-corrected chi connectivity index (χ3v) is 6.36. The maximum atomic E-state index is 13.2. The third-order valence-electron chi connectivity index (χ3n) is 5.42. The number of halogens is 2. The van der Waals surface area contributed by atoms with Gasteiger partial charge in [0.1, 0.15) is 0 Å². The van der Waals surface area contributed by atoms with Crippen molar-refractivity contribution in [1.82, 2.24) is 9.13 Å². The van der Waals surface area contributed by atoms with Crippen molar-refractivity contribution in [3.05, 3.63) is 90.4 Å². The lowest BCUT2D eigenvalue weighted by molar-refractivity contribution is 0.127. The molecule has 0 aliphatic carbocycles. The summed E-state index contributed by atoms with van der Waals surface area (Å²) in [5.74, 6) is 0.539. The Balaban J connectivity index is 2.00. The first-order chi connectivity index (χ1) is 13.9. The van der Waals surface area contributed by atoms with E-state index in [1.54, 1.807) is 4.57 Å². The molecular formula is C22H20Cl2N2O2S. The Morgan fingerprint density at radius 2 is 1.41 bits per heavy atom. The molecular weight excluding hydrogens is 427 g/mol. The molecule has 0 bridgehead atoms. The molecule has 0 saturated carbocycles. The zero-order valence-corrected chi connectivity index (χ0v) is 18.4. The molecule has 1 aliphatic rings. The molecule has 3 aromatic rings. The highest BCUT2D eigenvalue weighted by Gasteiger charge is 2.46. The molecule has 0 radical (unpaired) electrons. The van der Waals surface area contributed by atoms with E-state index >= 15 is 0 Å². The van der Waals surface area contributed by atoms with Gasteiger partial charge in [0.05, 0.1) is 5.56 Å². The number of aromatic nitrogens is 2. The molecule has 0 fully saturated rings. The summed E-state index contributed by atoms with van der Waals surface area (Å²) in [5, 5.41) is 1.28. The van der Waals surface area contributed by atoms with E-state index in [0.29, 0.717) is 45.8 Å². The minimum atomic E-state index is -0.859. The third kappa shape index (κ3) is 3.21. The van der Waals surface area contributed by atoms with Crippen LogP contribution in [0.15, 0.2) is 53.3 Å². The van der Waals surface area contributed by atoms with E-state index < -0.39 is 5.60 Å². The van der Waals surface area contributed by atoms with Crippen molar-refractivity contribution < 1.29 is 4.74 Å². The summed E-state index contributed by atoms with van der Waals surface area (Å²) in [5.41, 5.74) is 1.50. The highest BCUT2D eigenvalue weighted by Crippen LogP contribution is 2.45. The highest BCUT2D eigenvalue weighted by molar-refractivity contribution is 7.71. The maximum Gasteiger partial charge on any atom is 0.261 e. The number of hydrogen-bond donors (Lipinski definition) is 0. The summed E-state index contributed by atoms with van der Waals surface area (Å²) in [4.78, 5) is 13.2. The molecule has 0 unspecified atom stereocenters. The number of hydrogen-bond acceptors (Lipinski definition) is 3. The van der Waals surface area contributed by atoms with Crippen molar-refractivity contribution in [2.75, 3.05) is 0 Å². The van der Waals surface area contributed by atoms with E-state index in [0.717, 1.165) is 11.1 Å². The SMILES string of the molecule is CCn1c2c(c(=O)n(CC)c1=S)CC(c1ccc(Cl)cc1)(c1ccc(Cl)cc1)O2. The Hall–Kier alpha value is -2.08. The fraction of sp³-hybridized carbons (Fsp3) is 0.273. The molecule has 4 rings (SSSR count). The smallest absolute Gasteiger partial charge is 0.261 e. The molecule has 1 aromatic heterocycles. The fourth-order valence-corrected chi connectivity index (χ4v) is 4.62. The highest BCUT2D eigenvalue weighted by atomic mass is 35.5. The van der Waals surface area contributed by atoms with E-state index in [-0.39, 0.29) is 5.56 Å². The van der Waals surface area contributed by atoms with Crippen LogP contribution in [0, 0.1) is 4.77 Å². The van der Waals surface area contributed by atoms with Crippen LogP contribution < -0.4 is 10.3 Å². The van der Waals surface area contributed by atoms with Crippen LogP contribution in [0.2, 0.25) is 10.0 Å².